The van der Waals surface area contributed by atoms with Gasteiger partial charge in [-0.25, -0.2) is 0 Å². The molecule has 3 aliphatic rings. The molecule has 0 radical (unpaired) electrons. The van der Waals surface area contributed by atoms with Crippen LogP contribution in [-0.4, -0.2) is 72.1 Å². The van der Waals surface area contributed by atoms with Gasteiger partial charge in [0.2, 0.25) is 5.91 Å². The molecule has 118 valence electrons. The topological polar surface area (TPSA) is 79.3 Å². The van der Waals surface area contributed by atoms with E-state index in [4.69, 9.17) is 14.6 Å². The summed E-state index contributed by atoms with van der Waals surface area (Å²) in [6.45, 7) is 1.45. The lowest BCUT2D eigenvalue weighted by molar-refractivity contribution is -0.155. The van der Waals surface area contributed by atoms with Crippen molar-refractivity contribution < 1.29 is 24.2 Å². The second-order valence-corrected chi connectivity index (χ2v) is 6.28. The van der Waals surface area contributed by atoms with Crippen LogP contribution in [0.1, 0.15) is 25.7 Å². The average molecular weight is 298 g/mol. The fraction of sp³-hybridized carbons (Fsp3) is 0.857. The van der Waals surface area contributed by atoms with E-state index in [0.717, 1.165) is 19.3 Å². The number of carboxylic acid groups (broad SMARTS) is 1. The van der Waals surface area contributed by atoms with Crippen LogP contribution in [0.5, 0.6) is 0 Å². The molecule has 0 aromatic heterocycles. The number of amides is 1. The molecule has 1 saturated carbocycles. The van der Waals surface area contributed by atoms with Crippen molar-refractivity contribution in [1.29, 1.82) is 0 Å². The summed E-state index contributed by atoms with van der Waals surface area (Å²) >= 11 is 0. The molecule has 21 heavy (non-hydrogen) atoms. The first-order valence-electron chi connectivity index (χ1n) is 7.48. The van der Waals surface area contributed by atoms with Crippen molar-refractivity contribution in [2.75, 3.05) is 27.1 Å². The van der Waals surface area contributed by atoms with Gasteiger partial charge in [-0.05, 0) is 32.2 Å². The van der Waals surface area contributed by atoms with Gasteiger partial charge in [-0.3, -0.25) is 14.5 Å². The van der Waals surface area contributed by atoms with Gasteiger partial charge in [0.1, 0.15) is 12.8 Å². The van der Waals surface area contributed by atoms with Crippen molar-refractivity contribution in [1.82, 2.24) is 9.80 Å². The third-order valence-electron chi connectivity index (χ3n) is 4.81. The Morgan fingerprint density at radius 2 is 2.10 bits per heavy atom. The molecule has 1 aliphatic carbocycles. The summed E-state index contributed by atoms with van der Waals surface area (Å²) in [4.78, 5) is 26.7. The zero-order valence-corrected chi connectivity index (χ0v) is 12.2. The van der Waals surface area contributed by atoms with E-state index < -0.39 is 12.0 Å². The fourth-order valence-corrected chi connectivity index (χ4v) is 3.57. The summed E-state index contributed by atoms with van der Waals surface area (Å²) < 4.78 is 11.1. The second-order valence-electron chi connectivity index (χ2n) is 6.28. The maximum absolute atomic E-state index is 12.1. The first kappa shape index (κ1) is 14.7. The van der Waals surface area contributed by atoms with E-state index in [1.54, 1.807) is 16.8 Å². The standard InChI is InChI=1S/C14H22N2O5/c1-15-7-16(13(17)5-10(15)14(18)19)6-9-2-3-11-12(4-9)21-8-20-11/h9-12H,2-8H2,1H3,(H,18,19)/t9?,10-,11?,12?/m0/s1. The van der Waals surface area contributed by atoms with Gasteiger partial charge in [0.25, 0.3) is 0 Å². The quantitative estimate of drug-likeness (QED) is 0.796. The smallest absolute Gasteiger partial charge is 0.321 e. The third kappa shape index (κ3) is 3.04. The first-order valence-corrected chi connectivity index (χ1v) is 7.48. The molecule has 7 heteroatoms. The molecule has 0 spiro atoms. The number of carbonyl (C=O) groups excluding carboxylic acids is 1. The normalized spacial score (nSPS) is 37.6. The van der Waals surface area contributed by atoms with E-state index in [1.807, 2.05) is 0 Å². The van der Waals surface area contributed by atoms with Crippen molar-refractivity contribution in [3.63, 3.8) is 0 Å². The van der Waals surface area contributed by atoms with Gasteiger partial charge in [0.15, 0.2) is 0 Å². The summed E-state index contributed by atoms with van der Waals surface area (Å²) in [7, 11) is 1.75. The average Bonchev–Trinajstić information content (AvgIpc) is 2.89. The van der Waals surface area contributed by atoms with Crippen molar-refractivity contribution in [3.05, 3.63) is 0 Å². The summed E-state index contributed by atoms with van der Waals surface area (Å²) in [6.07, 6.45) is 3.36. The molecule has 0 aromatic rings. The van der Waals surface area contributed by atoms with Crippen LogP contribution >= 0.6 is 0 Å². The van der Waals surface area contributed by atoms with Gasteiger partial charge in [0, 0.05) is 6.54 Å². The molecule has 2 saturated heterocycles. The van der Waals surface area contributed by atoms with Crippen LogP contribution in [0.15, 0.2) is 0 Å². The van der Waals surface area contributed by atoms with E-state index in [0.29, 0.717) is 25.9 Å². The lowest BCUT2D eigenvalue weighted by Crippen LogP contribution is -2.55. The number of likely N-dealkylation sites (N-methyl/N-ethyl adjacent to an activating group) is 1. The van der Waals surface area contributed by atoms with Crippen LogP contribution in [0.3, 0.4) is 0 Å². The first-order chi connectivity index (χ1) is 10.0. The Balaban J connectivity index is 1.55. The van der Waals surface area contributed by atoms with E-state index in [2.05, 4.69) is 0 Å². The second kappa shape index (κ2) is 5.90. The number of hydrogen-bond donors (Lipinski definition) is 1. The van der Waals surface area contributed by atoms with Crippen molar-refractivity contribution >= 4 is 11.9 Å². The number of aliphatic carboxylic acids is 1. The largest absolute Gasteiger partial charge is 0.480 e. The Labute approximate surface area is 123 Å². The SMILES string of the molecule is CN1CN(CC2CCC3OCOC3C2)C(=O)C[C@H]1C(=O)O. The molecule has 4 atom stereocenters. The highest BCUT2D eigenvalue weighted by Gasteiger charge is 2.39. The molecule has 0 bridgehead atoms. The summed E-state index contributed by atoms with van der Waals surface area (Å²) in [5, 5.41) is 9.09. The van der Waals surface area contributed by atoms with Crippen LogP contribution in [-0.2, 0) is 19.1 Å². The Hall–Kier alpha value is -1.18. The summed E-state index contributed by atoms with van der Waals surface area (Å²) in [5.74, 6) is -0.583. The van der Waals surface area contributed by atoms with Crippen LogP contribution in [0.4, 0.5) is 0 Å². The van der Waals surface area contributed by atoms with Gasteiger partial charge in [-0.2, -0.15) is 0 Å². The van der Waals surface area contributed by atoms with Crippen molar-refractivity contribution in [2.24, 2.45) is 5.92 Å². The van der Waals surface area contributed by atoms with Crippen molar-refractivity contribution in [2.45, 2.75) is 43.9 Å². The number of hydrogen-bond acceptors (Lipinski definition) is 5. The van der Waals surface area contributed by atoms with Gasteiger partial charge < -0.3 is 19.5 Å². The molecule has 1 amide bonds. The Morgan fingerprint density at radius 1 is 1.33 bits per heavy atom. The molecule has 7 nitrogen and oxygen atoms in total. The van der Waals surface area contributed by atoms with Gasteiger partial charge in [-0.15, -0.1) is 0 Å². The minimum absolute atomic E-state index is 0.0597. The van der Waals surface area contributed by atoms with Crippen molar-refractivity contribution in [3.8, 4) is 0 Å². The molecule has 3 fully saturated rings. The van der Waals surface area contributed by atoms with Gasteiger partial charge in [-0.1, -0.05) is 0 Å². The molecule has 1 N–H and O–H groups in total. The minimum atomic E-state index is -0.928. The zero-order valence-electron chi connectivity index (χ0n) is 12.2. The monoisotopic (exact) mass is 298 g/mol. The molecule has 2 aliphatic heterocycles. The van der Waals surface area contributed by atoms with E-state index in [1.165, 1.54) is 0 Å². The van der Waals surface area contributed by atoms with Crippen LogP contribution < -0.4 is 0 Å². The molecule has 2 heterocycles. The predicted molar refractivity (Wildman–Crippen MR) is 72.3 cm³/mol. The van der Waals surface area contributed by atoms with E-state index >= 15 is 0 Å². The third-order valence-corrected chi connectivity index (χ3v) is 4.81. The number of nitrogens with zero attached hydrogens (tertiary/aromatic N) is 2. The number of carboxylic acids is 1. The molecular formula is C14H22N2O5. The number of ether oxygens (including phenoxy) is 2. The maximum Gasteiger partial charge on any atom is 0.321 e. The highest BCUT2D eigenvalue weighted by Crippen LogP contribution is 2.33. The summed E-state index contributed by atoms with van der Waals surface area (Å²) in [5.41, 5.74) is 0. The van der Waals surface area contributed by atoms with Gasteiger partial charge in [0.05, 0.1) is 25.3 Å². The fourth-order valence-electron chi connectivity index (χ4n) is 3.57. The lowest BCUT2D eigenvalue weighted by atomic mass is 9.85. The minimum Gasteiger partial charge on any atom is -0.480 e. The molecule has 0 aromatic carbocycles. The lowest BCUT2D eigenvalue weighted by Gasteiger charge is -2.40. The number of rotatable bonds is 3. The molecule has 3 unspecified atom stereocenters. The predicted octanol–water partition coefficient (Wildman–Crippen LogP) is 0.103. The van der Waals surface area contributed by atoms with Crippen LogP contribution in [0.2, 0.25) is 0 Å². The Morgan fingerprint density at radius 3 is 2.86 bits per heavy atom. The van der Waals surface area contributed by atoms with E-state index in [-0.39, 0.29) is 24.5 Å². The highest BCUT2D eigenvalue weighted by molar-refractivity contribution is 5.85. The van der Waals surface area contributed by atoms with Crippen LogP contribution in [0, 0.1) is 5.92 Å². The Bertz CT molecular complexity index is 430. The molecule has 3 rings (SSSR count). The van der Waals surface area contributed by atoms with Gasteiger partial charge >= 0.3 is 5.97 Å². The molecular weight excluding hydrogens is 276 g/mol. The number of carbonyl (C=O) groups is 2. The maximum atomic E-state index is 12.1. The highest BCUT2D eigenvalue weighted by atomic mass is 16.7. The van der Waals surface area contributed by atoms with Crippen LogP contribution in [0.25, 0.3) is 0 Å². The number of fused-ring (bicyclic) bond motifs is 1. The van der Waals surface area contributed by atoms with E-state index in [9.17, 15) is 9.59 Å². The Kier molecular flexibility index (Phi) is 4.14. The summed E-state index contributed by atoms with van der Waals surface area (Å²) in [6, 6.07) is -0.698. The zero-order chi connectivity index (χ0) is 15.0.